The largest absolute Gasteiger partial charge is 0.391 e. The first-order valence-corrected chi connectivity index (χ1v) is 5.61. The molecule has 84 valence electrons. The second-order valence-corrected chi connectivity index (χ2v) is 4.57. The van der Waals surface area contributed by atoms with Crippen LogP contribution in [-0.2, 0) is 0 Å². The summed E-state index contributed by atoms with van der Waals surface area (Å²) in [5.74, 6) is 0.572. The third-order valence-electron chi connectivity index (χ3n) is 3.30. The summed E-state index contributed by atoms with van der Waals surface area (Å²) < 4.78 is 0. The van der Waals surface area contributed by atoms with Crippen molar-refractivity contribution < 1.29 is 0 Å². The molecule has 0 saturated carbocycles. The number of rotatable bonds is 4. The molecule has 0 bridgehead atoms. The highest BCUT2D eigenvalue weighted by atomic mass is 15.1. The Labute approximate surface area is 92.8 Å². The minimum absolute atomic E-state index is 0.0978. The Morgan fingerprint density at radius 1 is 1.60 bits per heavy atom. The summed E-state index contributed by atoms with van der Waals surface area (Å²) in [4.78, 5) is 2.23. The molecule has 0 aliphatic carbocycles. The first kappa shape index (κ1) is 12.1. The van der Waals surface area contributed by atoms with Gasteiger partial charge in [-0.2, -0.15) is 5.26 Å². The topological polar surface area (TPSA) is 39.1 Å². The highest BCUT2D eigenvalue weighted by Crippen LogP contribution is 2.22. The van der Waals surface area contributed by atoms with E-state index in [0.717, 1.165) is 19.4 Å². The van der Waals surface area contributed by atoms with Crippen molar-refractivity contribution in [2.24, 2.45) is 11.8 Å². The lowest BCUT2D eigenvalue weighted by atomic mass is 9.86. The Morgan fingerprint density at radius 3 is 2.93 bits per heavy atom. The van der Waals surface area contributed by atoms with E-state index >= 15 is 0 Å². The molecule has 1 N–H and O–H groups in total. The predicted molar refractivity (Wildman–Crippen MR) is 62.1 cm³/mol. The summed E-state index contributed by atoms with van der Waals surface area (Å²) in [6.07, 6.45) is 6.16. The molecule has 0 aromatic rings. The highest BCUT2D eigenvalue weighted by Gasteiger charge is 2.21. The Hall–Kier alpha value is -1.01. The first-order valence-electron chi connectivity index (χ1n) is 5.61. The zero-order valence-electron chi connectivity index (χ0n) is 9.90. The molecule has 3 nitrogen and oxygen atoms in total. The van der Waals surface area contributed by atoms with E-state index in [1.807, 2.05) is 12.3 Å². The van der Waals surface area contributed by atoms with Crippen molar-refractivity contribution in [3.63, 3.8) is 0 Å². The van der Waals surface area contributed by atoms with Crippen molar-refractivity contribution in [1.29, 1.82) is 5.26 Å². The molecule has 1 aliphatic rings. The van der Waals surface area contributed by atoms with Gasteiger partial charge in [0.25, 0.3) is 0 Å². The number of nitriles is 1. The van der Waals surface area contributed by atoms with Crippen LogP contribution in [-0.4, -0.2) is 31.6 Å². The summed E-state index contributed by atoms with van der Waals surface area (Å²) in [6.45, 7) is 3.17. The number of nitrogens with one attached hydrogen (secondary N) is 1. The fourth-order valence-corrected chi connectivity index (χ4v) is 1.82. The van der Waals surface area contributed by atoms with Gasteiger partial charge >= 0.3 is 0 Å². The van der Waals surface area contributed by atoms with E-state index in [0.29, 0.717) is 12.0 Å². The maximum absolute atomic E-state index is 9.00. The molecule has 3 heteroatoms. The Morgan fingerprint density at radius 2 is 2.33 bits per heavy atom. The lowest BCUT2D eigenvalue weighted by Crippen LogP contribution is -2.31. The molecule has 0 amide bonds. The van der Waals surface area contributed by atoms with Crippen molar-refractivity contribution in [1.82, 2.24) is 10.2 Å². The maximum atomic E-state index is 9.00. The zero-order valence-corrected chi connectivity index (χ0v) is 9.90. The van der Waals surface area contributed by atoms with Crippen molar-refractivity contribution in [2.75, 3.05) is 20.6 Å². The van der Waals surface area contributed by atoms with Gasteiger partial charge in [0.05, 0.1) is 12.0 Å². The summed E-state index contributed by atoms with van der Waals surface area (Å²) in [7, 11) is 4.21. The van der Waals surface area contributed by atoms with E-state index in [1.54, 1.807) is 0 Å². The molecule has 3 atom stereocenters. The summed E-state index contributed by atoms with van der Waals surface area (Å²) in [5, 5.41) is 12.2. The van der Waals surface area contributed by atoms with E-state index in [2.05, 4.69) is 37.3 Å². The van der Waals surface area contributed by atoms with Crippen LogP contribution in [0.1, 0.15) is 19.8 Å². The molecule has 1 aliphatic heterocycles. The molecule has 0 spiro atoms. The van der Waals surface area contributed by atoms with Gasteiger partial charge in [0.2, 0.25) is 0 Å². The average molecular weight is 207 g/mol. The maximum Gasteiger partial charge on any atom is 0.0705 e. The minimum atomic E-state index is 0.0978. The molecular formula is C12H21N3. The van der Waals surface area contributed by atoms with Gasteiger partial charge in [0.1, 0.15) is 0 Å². The number of nitrogens with zero attached hydrogens (tertiary/aromatic N) is 2. The van der Waals surface area contributed by atoms with Gasteiger partial charge in [-0.15, -0.1) is 0 Å². The lowest BCUT2D eigenvalue weighted by Gasteiger charge is -2.26. The van der Waals surface area contributed by atoms with E-state index in [9.17, 15) is 0 Å². The SMILES string of the molecule is C[C@H](CC[C@@H]1CNC=C[C@@H]1C#N)N(C)C. The van der Waals surface area contributed by atoms with Crippen LogP contribution in [0.5, 0.6) is 0 Å². The normalized spacial score (nSPS) is 27.1. The molecule has 1 heterocycles. The molecule has 0 unspecified atom stereocenters. The molecule has 0 aromatic heterocycles. The van der Waals surface area contributed by atoms with Gasteiger partial charge in [-0.1, -0.05) is 6.08 Å². The summed E-state index contributed by atoms with van der Waals surface area (Å²) in [5.41, 5.74) is 0. The van der Waals surface area contributed by atoms with Crippen LogP contribution in [0.15, 0.2) is 12.3 Å². The quantitative estimate of drug-likeness (QED) is 0.761. The van der Waals surface area contributed by atoms with E-state index in [1.165, 1.54) is 0 Å². The molecule has 1 rings (SSSR count). The van der Waals surface area contributed by atoms with E-state index in [-0.39, 0.29) is 5.92 Å². The number of hydrogen-bond donors (Lipinski definition) is 1. The van der Waals surface area contributed by atoms with Crippen LogP contribution in [0.3, 0.4) is 0 Å². The minimum Gasteiger partial charge on any atom is -0.391 e. The number of allylic oxidation sites excluding steroid dienone is 1. The van der Waals surface area contributed by atoms with Crippen LogP contribution >= 0.6 is 0 Å². The van der Waals surface area contributed by atoms with E-state index < -0.39 is 0 Å². The van der Waals surface area contributed by atoms with Crippen molar-refractivity contribution in [2.45, 2.75) is 25.8 Å². The van der Waals surface area contributed by atoms with Crippen molar-refractivity contribution in [3.8, 4) is 6.07 Å². The zero-order chi connectivity index (χ0) is 11.3. The van der Waals surface area contributed by atoms with Gasteiger partial charge in [0, 0.05) is 12.6 Å². The van der Waals surface area contributed by atoms with E-state index in [4.69, 9.17) is 5.26 Å². The molecule has 0 radical (unpaired) electrons. The van der Waals surface area contributed by atoms with Crippen molar-refractivity contribution >= 4 is 0 Å². The molecule has 15 heavy (non-hydrogen) atoms. The van der Waals surface area contributed by atoms with Gasteiger partial charge in [-0.05, 0) is 46.0 Å². The molecule has 0 aromatic carbocycles. The van der Waals surface area contributed by atoms with Crippen LogP contribution < -0.4 is 5.32 Å². The van der Waals surface area contributed by atoms with Crippen LogP contribution in [0.25, 0.3) is 0 Å². The average Bonchev–Trinajstić information content (AvgIpc) is 2.26. The third-order valence-corrected chi connectivity index (χ3v) is 3.30. The van der Waals surface area contributed by atoms with Crippen LogP contribution in [0.4, 0.5) is 0 Å². The Bertz CT molecular complexity index is 252. The second-order valence-electron chi connectivity index (χ2n) is 4.57. The fourth-order valence-electron chi connectivity index (χ4n) is 1.82. The number of hydrogen-bond acceptors (Lipinski definition) is 3. The first-order chi connectivity index (χ1) is 7.15. The Kier molecular flexibility index (Phi) is 4.64. The van der Waals surface area contributed by atoms with Gasteiger partial charge in [-0.3, -0.25) is 0 Å². The summed E-state index contributed by atoms with van der Waals surface area (Å²) in [6, 6.07) is 2.96. The van der Waals surface area contributed by atoms with Gasteiger partial charge in [0.15, 0.2) is 0 Å². The fraction of sp³-hybridized carbons (Fsp3) is 0.750. The molecular weight excluding hydrogens is 186 g/mol. The summed E-state index contributed by atoms with van der Waals surface area (Å²) >= 11 is 0. The predicted octanol–water partition coefficient (Wildman–Crippen LogP) is 1.59. The standard InChI is InChI=1S/C12H21N3/c1-10(15(2)3)4-5-12-9-14-7-6-11(12)8-13/h6-7,10-12,14H,4-5,9H2,1-3H3/t10-,11-,12-/m1/s1. The van der Waals surface area contributed by atoms with Crippen LogP contribution in [0, 0.1) is 23.2 Å². The van der Waals surface area contributed by atoms with Crippen LogP contribution in [0.2, 0.25) is 0 Å². The lowest BCUT2D eigenvalue weighted by molar-refractivity contribution is 0.267. The smallest absolute Gasteiger partial charge is 0.0705 e. The Balaban J connectivity index is 2.38. The second kappa shape index (κ2) is 5.77. The highest BCUT2D eigenvalue weighted by molar-refractivity contribution is 5.06. The molecule has 0 fully saturated rings. The third kappa shape index (κ3) is 3.56. The molecule has 0 saturated heterocycles. The van der Waals surface area contributed by atoms with Crippen molar-refractivity contribution in [3.05, 3.63) is 12.3 Å². The van der Waals surface area contributed by atoms with Gasteiger partial charge < -0.3 is 10.2 Å². The van der Waals surface area contributed by atoms with Gasteiger partial charge in [-0.25, -0.2) is 0 Å². The monoisotopic (exact) mass is 207 g/mol.